The zero-order valence-electron chi connectivity index (χ0n) is 6.24. The van der Waals surface area contributed by atoms with Crippen molar-refractivity contribution in [2.75, 3.05) is 0 Å². The highest BCUT2D eigenvalue weighted by Gasteiger charge is 2.05. The van der Waals surface area contributed by atoms with Gasteiger partial charge in [0.05, 0.1) is 10.4 Å². The first-order chi connectivity index (χ1) is 6.25. The van der Waals surface area contributed by atoms with Gasteiger partial charge in [-0.15, -0.1) is 11.3 Å². The summed E-state index contributed by atoms with van der Waals surface area (Å²) in [4.78, 5) is 12.8. The molecule has 0 radical (unpaired) electrons. The van der Waals surface area contributed by atoms with E-state index >= 15 is 0 Å². The number of halogens is 2. The van der Waals surface area contributed by atoms with E-state index in [-0.39, 0.29) is 0 Å². The number of hydrogen-bond acceptors (Lipinski definition) is 4. The van der Waals surface area contributed by atoms with Gasteiger partial charge in [0, 0.05) is 12.3 Å². The van der Waals surface area contributed by atoms with Gasteiger partial charge in [0.15, 0.2) is 5.82 Å². The molecule has 0 spiro atoms. The smallest absolute Gasteiger partial charge is 0.174 e. The van der Waals surface area contributed by atoms with Crippen LogP contribution in [0.1, 0.15) is 0 Å². The summed E-state index contributed by atoms with van der Waals surface area (Å²) in [6.07, 6.45) is 1.67. The highest BCUT2D eigenvalue weighted by Crippen LogP contribution is 2.22. The molecule has 0 aromatic carbocycles. The number of nitrogens with zero attached hydrogens (tertiary/aromatic N) is 3. The van der Waals surface area contributed by atoms with Crippen LogP contribution in [0.15, 0.2) is 17.8 Å². The Kier molecular flexibility index (Phi) is 2.44. The molecule has 0 fully saturated rings. The van der Waals surface area contributed by atoms with Gasteiger partial charge in [-0.05, 0) is 0 Å². The fourth-order valence-corrected chi connectivity index (χ4v) is 1.80. The van der Waals surface area contributed by atoms with Crippen molar-refractivity contribution in [3.05, 3.63) is 28.1 Å². The van der Waals surface area contributed by atoms with E-state index in [1.165, 1.54) is 17.4 Å². The number of rotatable bonds is 1. The summed E-state index contributed by atoms with van der Waals surface area (Å²) in [6.45, 7) is 0. The third-order valence-corrected chi connectivity index (χ3v) is 2.47. The summed E-state index contributed by atoms with van der Waals surface area (Å²) in [5, 5.41) is 0.673. The van der Waals surface area contributed by atoms with Gasteiger partial charge >= 0.3 is 0 Å². The minimum Gasteiger partial charge on any atom is -0.252 e. The van der Waals surface area contributed by atoms with Crippen molar-refractivity contribution in [1.29, 1.82) is 0 Å². The lowest BCUT2D eigenvalue weighted by Crippen LogP contribution is -1.87. The van der Waals surface area contributed by atoms with Crippen LogP contribution in [0, 0.1) is 0 Å². The summed E-state index contributed by atoms with van der Waals surface area (Å²) >= 11 is 12.9. The van der Waals surface area contributed by atoms with E-state index in [0.717, 1.165) is 4.88 Å². The first kappa shape index (κ1) is 8.87. The second-order valence-electron chi connectivity index (χ2n) is 2.20. The largest absolute Gasteiger partial charge is 0.252 e. The Morgan fingerprint density at radius 2 is 1.85 bits per heavy atom. The van der Waals surface area contributed by atoms with E-state index in [1.54, 1.807) is 11.7 Å². The standard InChI is InChI=1S/C7H3Cl2N3S/c8-5-1-6(9)12-7(11-5)4-2-10-3-13-4/h1-3H. The molecule has 0 aliphatic heterocycles. The zero-order valence-corrected chi connectivity index (χ0v) is 8.57. The highest BCUT2D eigenvalue weighted by molar-refractivity contribution is 7.13. The third-order valence-electron chi connectivity index (χ3n) is 1.32. The second-order valence-corrected chi connectivity index (χ2v) is 3.86. The van der Waals surface area contributed by atoms with Crippen molar-refractivity contribution in [2.45, 2.75) is 0 Å². The van der Waals surface area contributed by atoms with Crippen molar-refractivity contribution >= 4 is 34.5 Å². The molecule has 0 aliphatic rings. The fraction of sp³-hybridized carbons (Fsp3) is 0. The zero-order chi connectivity index (χ0) is 9.26. The van der Waals surface area contributed by atoms with E-state index in [4.69, 9.17) is 23.2 Å². The lowest BCUT2D eigenvalue weighted by molar-refractivity contribution is 1.18. The van der Waals surface area contributed by atoms with Crippen molar-refractivity contribution in [2.24, 2.45) is 0 Å². The van der Waals surface area contributed by atoms with E-state index < -0.39 is 0 Å². The molecule has 2 heterocycles. The average Bonchev–Trinajstić information content (AvgIpc) is 2.53. The first-order valence-electron chi connectivity index (χ1n) is 3.34. The van der Waals surface area contributed by atoms with Gasteiger partial charge in [-0.25, -0.2) is 9.97 Å². The molecule has 0 amide bonds. The number of hydrogen-bond donors (Lipinski definition) is 0. The Balaban J connectivity index is 2.53. The maximum Gasteiger partial charge on any atom is 0.174 e. The minimum atomic E-state index is 0.336. The second kappa shape index (κ2) is 3.57. The molecule has 66 valence electrons. The molecule has 0 saturated carbocycles. The Morgan fingerprint density at radius 1 is 1.15 bits per heavy atom. The van der Waals surface area contributed by atoms with Gasteiger partial charge in [-0.1, -0.05) is 23.2 Å². The van der Waals surface area contributed by atoms with E-state index in [1.807, 2.05) is 0 Å². The van der Waals surface area contributed by atoms with Crippen molar-refractivity contribution in [3.8, 4) is 10.7 Å². The molecular formula is C7H3Cl2N3S. The molecule has 6 heteroatoms. The highest BCUT2D eigenvalue weighted by atomic mass is 35.5. The minimum absolute atomic E-state index is 0.336. The average molecular weight is 232 g/mol. The van der Waals surface area contributed by atoms with E-state index in [0.29, 0.717) is 16.1 Å². The fourth-order valence-electron chi connectivity index (χ4n) is 0.827. The van der Waals surface area contributed by atoms with Crippen LogP contribution in [0.3, 0.4) is 0 Å². The summed E-state index contributed by atoms with van der Waals surface area (Å²) in [5.74, 6) is 0.514. The van der Waals surface area contributed by atoms with Crippen molar-refractivity contribution in [1.82, 2.24) is 15.0 Å². The van der Waals surface area contributed by atoms with E-state index in [2.05, 4.69) is 15.0 Å². The summed E-state index contributed by atoms with van der Waals surface area (Å²) in [5.41, 5.74) is 1.70. The summed E-state index contributed by atoms with van der Waals surface area (Å²) in [7, 11) is 0. The molecule has 0 bridgehead atoms. The molecule has 2 aromatic heterocycles. The quantitative estimate of drug-likeness (QED) is 0.709. The monoisotopic (exact) mass is 231 g/mol. The molecule has 2 aromatic rings. The van der Waals surface area contributed by atoms with Gasteiger partial charge in [0.2, 0.25) is 0 Å². The van der Waals surface area contributed by atoms with Crippen LogP contribution in [0.4, 0.5) is 0 Å². The summed E-state index contributed by atoms with van der Waals surface area (Å²) < 4.78 is 0. The third kappa shape index (κ3) is 1.96. The molecule has 0 aliphatic carbocycles. The molecule has 2 rings (SSSR count). The van der Waals surface area contributed by atoms with Crippen LogP contribution >= 0.6 is 34.5 Å². The lowest BCUT2D eigenvalue weighted by atomic mass is 10.5. The Morgan fingerprint density at radius 3 is 2.38 bits per heavy atom. The SMILES string of the molecule is Clc1cc(Cl)nc(-c2cncs2)n1. The first-order valence-corrected chi connectivity index (χ1v) is 4.98. The predicted octanol–water partition coefficient (Wildman–Crippen LogP) is 2.91. The molecule has 0 atom stereocenters. The van der Waals surface area contributed by atoms with Crippen LogP contribution in [0.2, 0.25) is 10.3 Å². The van der Waals surface area contributed by atoms with Gasteiger partial charge in [0.1, 0.15) is 10.3 Å². The molecule has 0 unspecified atom stereocenters. The molecule has 0 N–H and O–H groups in total. The Bertz CT molecular complexity index is 395. The topological polar surface area (TPSA) is 38.7 Å². The van der Waals surface area contributed by atoms with Gasteiger partial charge in [-0.2, -0.15) is 0 Å². The Labute approximate surface area is 88.4 Å². The molecular weight excluding hydrogens is 229 g/mol. The van der Waals surface area contributed by atoms with E-state index in [9.17, 15) is 0 Å². The van der Waals surface area contributed by atoms with Crippen LogP contribution in [-0.2, 0) is 0 Å². The van der Waals surface area contributed by atoms with Crippen molar-refractivity contribution < 1.29 is 0 Å². The maximum absolute atomic E-state index is 5.72. The van der Waals surface area contributed by atoms with Crippen LogP contribution in [0.25, 0.3) is 10.7 Å². The summed E-state index contributed by atoms with van der Waals surface area (Å²) in [6, 6.07) is 1.49. The molecule has 13 heavy (non-hydrogen) atoms. The Hall–Kier alpha value is -0.710. The van der Waals surface area contributed by atoms with Crippen LogP contribution in [0.5, 0.6) is 0 Å². The van der Waals surface area contributed by atoms with Crippen LogP contribution in [-0.4, -0.2) is 15.0 Å². The van der Waals surface area contributed by atoms with Crippen molar-refractivity contribution in [3.63, 3.8) is 0 Å². The molecule has 0 saturated heterocycles. The number of aromatic nitrogens is 3. The van der Waals surface area contributed by atoms with Gasteiger partial charge in [-0.3, -0.25) is 4.98 Å². The number of thiazole rings is 1. The molecule has 3 nitrogen and oxygen atoms in total. The van der Waals surface area contributed by atoms with Gasteiger partial charge in [0.25, 0.3) is 0 Å². The van der Waals surface area contributed by atoms with Crippen LogP contribution < -0.4 is 0 Å². The van der Waals surface area contributed by atoms with Gasteiger partial charge < -0.3 is 0 Å². The normalized spacial score (nSPS) is 10.3. The lowest BCUT2D eigenvalue weighted by Gasteiger charge is -1.96. The maximum atomic E-state index is 5.72. The predicted molar refractivity (Wildman–Crippen MR) is 53.2 cm³/mol.